The van der Waals surface area contributed by atoms with Crippen LogP contribution in [0.4, 0.5) is 0 Å². The van der Waals surface area contributed by atoms with Crippen LogP contribution < -0.4 is 0 Å². The Balaban J connectivity index is 4.65. The van der Waals surface area contributed by atoms with Gasteiger partial charge in [-0.15, -0.1) is 0 Å². The van der Waals surface area contributed by atoms with Gasteiger partial charge in [-0.1, -0.05) is 117 Å². The molecule has 0 aromatic rings. The third kappa shape index (κ3) is 31.1. The Labute approximate surface area is 293 Å². The summed E-state index contributed by atoms with van der Waals surface area (Å²) in [5.74, 6) is 0. The highest BCUT2D eigenvalue weighted by Gasteiger charge is 2.19. The summed E-state index contributed by atoms with van der Waals surface area (Å²) < 4.78 is 3.61. The summed E-state index contributed by atoms with van der Waals surface area (Å²) in [5.41, 5.74) is 0. The smallest absolute Gasteiger partial charge is 0.0794 e. The zero-order valence-electron chi connectivity index (χ0n) is 34.1. The molecule has 0 amide bonds. The fraction of sp³-hybridized carbons (Fsp3) is 1.00. The molecule has 4 nitrogen and oxygen atoms in total. The first-order chi connectivity index (χ1) is 22.0. The summed E-state index contributed by atoms with van der Waals surface area (Å²) in [6.07, 6.45) is 33.8. The van der Waals surface area contributed by atoms with Crippen LogP contribution >= 0.6 is 0 Å². The molecule has 0 bridgehead atoms. The number of rotatable bonds is 36. The lowest BCUT2D eigenvalue weighted by atomic mass is 10.1. The van der Waals surface area contributed by atoms with E-state index in [1.165, 1.54) is 226 Å². The van der Waals surface area contributed by atoms with Crippen molar-refractivity contribution in [3.63, 3.8) is 0 Å². The highest BCUT2D eigenvalue weighted by Crippen LogP contribution is 2.14. The maximum Gasteiger partial charge on any atom is 0.0794 e. The van der Waals surface area contributed by atoms with Gasteiger partial charge in [-0.25, -0.2) is 0 Å². The van der Waals surface area contributed by atoms with Crippen molar-refractivity contribution in [1.29, 1.82) is 0 Å². The van der Waals surface area contributed by atoms with Crippen molar-refractivity contribution in [2.24, 2.45) is 0 Å². The van der Waals surface area contributed by atoms with E-state index in [0.717, 1.165) is 0 Å². The van der Waals surface area contributed by atoms with Crippen molar-refractivity contribution in [3.8, 4) is 0 Å². The second kappa shape index (κ2) is 29.7. The van der Waals surface area contributed by atoms with Gasteiger partial charge in [-0.3, -0.25) is 0 Å². The van der Waals surface area contributed by atoms with Crippen molar-refractivity contribution in [2.75, 3.05) is 101 Å². The van der Waals surface area contributed by atoms with Crippen molar-refractivity contribution in [2.45, 2.75) is 175 Å². The molecule has 46 heavy (non-hydrogen) atoms. The quantitative estimate of drug-likeness (QED) is 0.0480. The van der Waals surface area contributed by atoms with Gasteiger partial charge in [0.2, 0.25) is 0 Å². The third-order valence-electron chi connectivity index (χ3n) is 10.8. The van der Waals surface area contributed by atoms with E-state index < -0.39 is 0 Å². The van der Waals surface area contributed by atoms with Crippen LogP contribution in [0.2, 0.25) is 0 Å². The molecule has 0 saturated carbocycles. The molecular weight excluding hydrogens is 560 g/mol. The van der Waals surface area contributed by atoms with Gasteiger partial charge in [-0.2, -0.15) is 0 Å². The Kier molecular flexibility index (Phi) is 29.6. The van der Waals surface area contributed by atoms with Gasteiger partial charge in [0.05, 0.1) is 81.6 Å². The van der Waals surface area contributed by atoms with Crippen molar-refractivity contribution >= 4 is 0 Å². The van der Waals surface area contributed by atoms with E-state index in [2.05, 4.69) is 68.0 Å². The molecule has 0 atom stereocenters. The van der Waals surface area contributed by atoms with E-state index in [9.17, 15) is 0 Å². The molecule has 0 aromatic heterocycles. The van der Waals surface area contributed by atoms with Crippen LogP contribution in [0.15, 0.2) is 0 Å². The maximum absolute atomic E-state index is 2.86. The minimum atomic E-state index is 1.20. The molecule has 0 radical (unpaired) electrons. The van der Waals surface area contributed by atoms with E-state index in [1.807, 2.05) is 0 Å². The topological polar surface area (TPSA) is 3.24 Å². The molecule has 0 aliphatic carbocycles. The predicted molar refractivity (Wildman–Crippen MR) is 210 cm³/mol. The van der Waals surface area contributed by atoms with Crippen LogP contribution in [-0.4, -0.2) is 120 Å². The molecule has 0 spiro atoms. The maximum atomic E-state index is 2.86. The summed E-state index contributed by atoms with van der Waals surface area (Å²) >= 11 is 0. The summed E-state index contributed by atoms with van der Waals surface area (Å²) in [4.78, 5) is 2.86. The average Bonchev–Trinajstić information content (AvgIpc) is 2.99. The zero-order chi connectivity index (χ0) is 34.4. The van der Waals surface area contributed by atoms with E-state index in [-0.39, 0.29) is 0 Å². The lowest BCUT2D eigenvalue weighted by Crippen LogP contribution is -2.45. The Morgan fingerprint density at radius 1 is 0.261 bits per heavy atom. The van der Waals surface area contributed by atoms with Gasteiger partial charge in [0.15, 0.2) is 0 Å². The number of quaternary nitrogens is 3. The Morgan fingerprint density at radius 3 is 0.696 bits per heavy atom. The number of hydrogen-bond donors (Lipinski definition) is 0. The number of hydrogen-bond acceptors (Lipinski definition) is 1. The molecule has 0 saturated heterocycles. The second-order valence-corrected chi connectivity index (χ2v) is 17.4. The van der Waals surface area contributed by atoms with Crippen LogP contribution in [0.3, 0.4) is 0 Å². The van der Waals surface area contributed by atoms with Gasteiger partial charge < -0.3 is 18.3 Å². The van der Waals surface area contributed by atoms with Crippen LogP contribution in [0.5, 0.6) is 0 Å². The lowest BCUT2D eigenvalue weighted by Gasteiger charge is -2.34. The summed E-state index contributed by atoms with van der Waals surface area (Å²) in [7, 11) is 14.9. The summed E-state index contributed by atoms with van der Waals surface area (Å²) in [5, 5.41) is 0. The number of unbranched alkanes of at least 4 members (excludes halogenated alkanes) is 18. The minimum Gasteiger partial charge on any atom is -0.328 e. The molecule has 4 heteroatoms. The van der Waals surface area contributed by atoms with E-state index in [4.69, 9.17) is 0 Å². The Bertz CT molecular complexity index is 544. The fourth-order valence-electron chi connectivity index (χ4n) is 7.33. The van der Waals surface area contributed by atoms with Crippen LogP contribution in [0.25, 0.3) is 0 Å². The first-order valence-electron chi connectivity index (χ1n) is 21.2. The first kappa shape index (κ1) is 45.8. The van der Waals surface area contributed by atoms with Crippen LogP contribution in [0, 0.1) is 0 Å². The van der Waals surface area contributed by atoms with E-state index in [1.54, 1.807) is 0 Å². The van der Waals surface area contributed by atoms with Gasteiger partial charge in [0.1, 0.15) is 0 Å². The molecular formula is C42H93N4+3. The largest absolute Gasteiger partial charge is 0.328 e. The normalized spacial score (nSPS) is 12.9. The van der Waals surface area contributed by atoms with Crippen LogP contribution in [0.1, 0.15) is 175 Å². The standard InChI is InChI=1S/C42H93N4/c1-10-13-16-19-22-25-28-37-44(4,5)40-31-34-43(35-32-41-45(6,7)38-29-26-23-20-17-14-11-2)36-33-42-46(8,9)39-30-27-24-21-18-15-12-3/h10-42H2,1-9H3/q+3. The molecule has 0 unspecified atom stereocenters. The van der Waals surface area contributed by atoms with E-state index in [0.29, 0.717) is 0 Å². The van der Waals surface area contributed by atoms with Gasteiger partial charge in [-0.05, 0) is 38.5 Å². The van der Waals surface area contributed by atoms with Gasteiger partial charge >= 0.3 is 0 Å². The van der Waals surface area contributed by atoms with Crippen LogP contribution in [-0.2, 0) is 0 Å². The minimum absolute atomic E-state index is 1.20. The molecule has 0 aromatic carbocycles. The number of nitrogens with zero attached hydrogens (tertiary/aromatic N) is 4. The van der Waals surface area contributed by atoms with Crippen molar-refractivity contribution in [1.82, 2.24) is 4.90 Å². The van der Waals surface area contributed by atoms with E-state index >= 15 is 0 Å². The average molecular weight is 654 g/mol. The molecule has 0 aliphatic heterocycles. The molecule has 0 fully saturated rings. The highest BCUT2D eigenvalue weighted by molar-refractivity contribution is 4.60. The predicted octanol–water partition coefficient (Wildman–Crippen LogP) is 10.9. The lowest BCUT2D eigenvalue weighted by molar-refractivity contribution is -0.891. The highest BCUT2D eigenvalue weighted by atomic mass is 15.3. The third-order valence-corrected chi connectivity index (χ3v) is 10.8. The monoisotopic (exact) mass is 654 g/mol. The molecule has 0 aliphatic rings. The van der Waals surface area contributed by atoms with Gasteiger partial charge in [0.25, 0.3) is 0 Å². The summed E-state index contributed by atoms with van der Waals surface area (Å²) in [6.45, 7) is 18.8. The zero-order valence-corrected chi connectivity index (χ0v) is 34.1. The van der Waals surface area contributed by atoms with Crippen molar-refractivity contribution < 1.29 is 13.4 Å². The second-order valence-electron chi connectivity index (χ2n) is 17.4. The van der Waals surface area contributed by atoms with Gasteiger partial charge in [0, 0.05) is 38.9 Å². The van der Waals surface area contributed by atoms with Crippen molar-refractivity contribution in [3.05, 3.63) is 0 Å². The Morgan fingerprint density at radius 2 is 0.457 bits per heavy atom. The SMILES string of the molecule is CCCCCCCCC[N+](C)(C)CCCN(CCC[N+](C)(C)CCCCCCCCC)CCC[N+](C)(C)CCCCCCCCC. The Hall–Kier alpha value is -0.160. The molecule has 0 rings (SSSR count). The molecule has 278 valence electrons. The molecule has 0 N–H and O–H groups in total. The molecule has 0 heterocycles. The summed E-state index contributed by atoms with van der Waals surface area (Å²) in [6, 6.07) is 0. The fourth-order valence-corrected chi connectivity index (χ4v) is 7.33. The first-order valence-corrected chi connectivity index (χ1v) is 21.2.